The van der Waals surface area contributed by atoms with Crippen LogP contribution in [0.3, 0.4) is 0 Å². The fraction of sp³-hybridized carbons (Fsp3) is 0.682. The quantitative estimate of drug-likeness (QED) is 0.139. The number of allylic oxidation sites excluding steroid dienone is 4. The average Bonchev–Trinajstić information content (AvgIpc) is 2.58. The largest absolute Gasteiger partial charge is 0.469 e. The van der Waals surface area contributed by atoms with Gasteiger partial charge in [0.25, 0.3) is 0 Å². The van der Waals surface area contributed by atoms with Gasteiger partial charge in [0.1, 0.15) is 0 Å². The Morgan fingerprint density at radius 3 is 2.31 bits per heavy atom. The van der Waals surface area contributed by atoms with Gasteiger partial charge in [-0.15, -0.1) is 0 Å². The van der Waals surface area contributed by atoms with Crippen LogP contribution in [0, 0.1) is 0 Å². The summed E-state index contributed by atoms with van der Waals surface area (Å²) in [7, 11) is -0.393. The molecule has 1 atom stereocenters. The molecular formula is C22H40O3Si. The lowest BCUT2D eigenvalue weighted by Gasteiger charge is -2.22. The van der Waals surface area contributed by atoms with Crippen molar-refractivity contribution in [3.05, 3.63) is 36.5 Å². The van der Waals surface area contributed by atoms with Crippen molar-refractivity contribution in [2.24, 2.45) is 0 Å². The lowest BCUT2D eigenvalue weighted by atomic mass is 10.1. The van der Waals surface area contributed by atoms with Gasteiger partial charge in [-0.25, -0.2) is 0 Å². The summed E-state index contributed by atoms with van der Waals surface area (Å²) in [6, 6.07) is 0. The van der Waals surface area contributed by atoms with Crippen molar-refractivity contribution < 1.29 is 15.3 Å². The zero-order valence-corrected chi connectivity index (χ0v) is 18.6. The third kappa shape index (κ3) is 17.7. The molecule has 0 aliphatic rings. The number of ether oxygens (including phenoxy) is 1. The van der Waals surface area contributed by atoms with Gasteiger partial charge >= 0.3 is 5.97 Å². The maximum atomic E-state index is 11.0. The van der Waals surface area contributed by atoms with E-state index in [9.17, 15) is 4.79 Å². The molecule has 0 spiro atoms. The summed E-state index contributed by atoms with van der Waals surface area (Å²) in [6.07, 6.45) is 19.7. The molecule has 0 aliphatic carbocycles. The third-order valence-corrected chi connectivity index (χ3v) is 4.48. The van der Waals surface area contributed by atoms with Gasteiger partial charge in [0, 0.05) is 6.42 Å². The molecule has 26 heavy (non-hydrogen) atoms. The topological polar surface area (TPSA) is 35.5 Å². The van der Waals surface area contributed by atoms with Crippen LogP contribution >= 0.6 is 0 Å². The molecule has 0 radical (unpaired) electrons. The smallest absolute Gasteiger partial charge is 0.305 e. The van der Waals surface area contributed by atoms with E-state index in [-0.39, 0.29) is 5.97 Å². The van der Waals surface area contributed by atoms with Crippen LogP contribution in [-0.2, 0) is 14.0 Å². The van der Waals surface area contributed by atoms with Gasteiger partial charge in [-0.2, -0.15) is 0 Å². The monoisotopic (exact) mass is 381 g/mol. The second kappa shape index (κ2) is 16.1. The second-order valence-electron chi connectivity index (χ2n) is 7.45. The number of carbonyl (C=O) groups is 1. The van der Waals surface area contributed by atoms with Gasteiger partial charge in [-0.3, -0.25) is 4.79 Å². The number of rotatable bonds is 15. The second-order valence-corrected chi connectivity index (χ2v) is 11.9. The van der Waals surface area contributed by atoms with E-state index < -0.39 is 14.4 Å². The van der Waals surface area contributed by atoms with E-state index in [1.165, 1.54) is 26.4 Å². The molecule has 0 aromatic heterocycles. The van der Waals surface area contributed by atoms with Gasteiger partial charge in [0.15, 0.2) is 8.32 Å². The molecule has 0 aromatic rings. The highest BCUT2D eigenvalue weighted by Gasteiger charge is 2.17. The van der Waals surface area contributed by atoms with Crippen LogP contribution in [0.25, 0.3) is 0 Å². The van der Waals surface area contributed by atoms with Crippen molar-refractivity contribution in [1.29, 1.82) is 0 Å². The Hall–Kier alpha value is -1.13. The lowest BCUT2D eigenvalue weighted by Crippen LogP contribution is -2.30. The number of unbranched alkanes of at least 4 members (excludes halogenated alkanes) is 5. The van der Waals surface area contributed by atoms with Crippen molar-refractivity contribution in [2.45, 2.75) is 90.4 Å². The Morgan fingerprint density at radius 2 is 1.65 bits per heavy atom. The predicted molar refractivity (Wildman–Crippen MR) is 115 cm³/mol. The molecule has 0 unspecified atom stereocenters. The van der Waals surface area contributed by atoms with Gasteiger partial charge in [0.2, 0.25) is 0 Å². The Bertz CT molecular complexity index is 480. The van der Waals surface area contributed by atoms with Crippen molar-refractivity contribution >= 4 is 14.3 Å². The van der Waals surface area contributed by atoms with Crippen molar-refractivity contribution in [3.8, 4) is 0 Å². The number of esters is 1. The number of hydrogen-bond donors (Lipinski definition) is 0. The molecule has 0 bridgehead atoms. The zero-order chi connectivity index (χ0) is 20.6. The fourth-order valence-corrected chi connectivity index (χ4v) is 3.14. The minimum Gasteiger partial charge on any atom is -0.469 e. The summed E-state index contributed by atoms with van der Waals surface area (Å²) in [5.41, 5.74) is 0. The molecule has 0 aliphatic heterocycles. The minimum atomic E-state index is -1.82. The van der Waals surface area contributed by atoms with Crippen LogP contribution in [0.4, 0.5) is 0 Å². The molecule has 0 heterocycles. The first kappa shape index (κ1) is 22.9. The molecule has 0 N–H and O–H groups in total. The number of hydrogen-bond acceptors (Lipinski definition) is 3. The number of methoxy groups -OCH3 is 1. The Morgan fingerprint density at radius 1 is 1.00 bits per heavy atom. The van der Waals surface area contributed by atoms with E-state index in [0.717, 1.165) is 32.1 Å². The first-order valence-electron chi connectivity index (χ1n) is 10.5. The van der Waals surface area contributed by atoms with Crippen LogP contribution < -0.4 is 0 Å². The Kier molecular flexibility index (Phi) is 14.2. The van der Waals surface area contributed by atoms with Crippen LogP contribution in [-0.4, -0.2) is 27.5 Å². The van der Waals surface area contributed by atoms with Gasteiger partial charge in [-0.1, -0.05) is 56.2 Å². The van der Waals surface area contributed by atoms with Crippen LogP contribution in [0.15, 0.2) is 36.5 Å². The van der Waals surface area contributed by atoms with Gasteiger partial charge in [-0.05, 0) is 58.2 Å². The normalized spacial score (nSPS) is 15.7. The fourth-order valence-electron chi connectivity index (χ4n) is 2.30. The minimum absolute atomic E-state index is 0.140. The van der Waals surface area contributed by atoms with Crippen molar-refractivity contribution in [3.63, 3.8) is 0 Å². The molecular weight excluding hydrogens is 340 g/mol. The average molecular weight is 382 g/mol. The van der Waals surface area contributed by atoms with Crippen LogP contribution in [0.2, 0.25) is 19.6 Å². The van der Waals surface area contributed by atoms with Crippen LogP contribution in [0.5, 0.6) is 0 Å². The Labute approximate surface area is 164 Å². The molecule has 0 aromatic carbocycles. The molecule has 3 nitrogen and oxygen atoms in total. The SMILES string of the molecule is [2H][C@](/C=C\C/C=C\CCCCC(=O)OC)(/C=C\CCCCC)O[Si](C)(C)C. The van der Waals surface area contributed by atoms with E-state index in [4.69, 9.17) is 5.80 Å². The van der Waals surface area contributed by atoms with E-state index in [1.54, 1.807) is 0 Å². The summed E-state index contributed by atoms with van der Waals surface area (Å²) in [5.74, 6) is -0.140. The van der Waals surface area contributed by atoms with E-state index in [1.807, 2.05) is 18.2 Å². The van der Waals surface area contributed by atoms with Gasteiger partial charge in [0.05, 0.1) is 14.6 Å². The zero-order valence-electron chi connectivity index (χ0n) is 18.6. The molecule has 4 heteroatoms. The molecule has 0 fully saturated rings. The number of carbonyl (C=O) groups excluding carboxylic acids is 1. The summed E-state index contributed by atoms with van der Waals surface area (Å²) in [6.45, 7) is 8.54. The standard InChI is InChI=1S/C22H40O3Si/c1-6-7-8-12-15-18-21(25-26(3,4)5)19-16-13-10-9-11-14-17-20-22(23)24-2/h9-10,15-16,18-19,21H,6-8,11-14,17,20H2,1-5H3/b10-9-,18-15-,19-16-/t21-/m1/s1/i21D. The van der Waals surface area contributed by atoms with E-state index in [0.29, 0.717) is 6.42 Å². The van der Waals surface area contributed by atoms with E-state index >= 15 is 0 Å². The highest BCUT2D eigenvalue weighted by molar-refractivity contribution is 6.69. The first-order chi connectivity index (χ1) is 12.7. The van der Waals surface area contributed by atoms with Gasteiger partial charge < -0.3 is 9.16 Å². The van der Waals surface area contributed by atoms with Crippen molar-refractivity contribution in [2.75, 3.05) is 7.11 Å². The first-order valence-corrected chi connectivity index (χ1v) is 13.4. The molecule has 0 amide bonds. The lowest BCUT2D eigenvalue weighted by molar-refractivity contribution is -0.140. The van der Waals surface area contributed by atoms with Crippen LogP contribution in [0.1, 0.15) is 66.1 Å². The predicted octanol–water partition coefficient (Wildman–Crippen LogP) is 6.58. The summed E-state index contributed by atoms with van der Waals surface area (Å²) in [5, 5.41) is 0. The highest BCUT2D eigenvalue weighted by Crippen LogP contribution is 2.11. The van der Waals surface area contributed by atoms with Crippen molar-refractivity contribution in [1.82, 2.24) is 0 Å². The summed E-state index contributed by atoms with van der Waals surface area (Å²) >= 11 is 0. The highest BCUT2D eigenvalue weighted by atomic mass is 28.4. The third-order valence-electron chi connectivity index (χ3n) is 3.63. The summed E-state index contributed by atoms with van der Waals surface area (Å²) < 4.78 is 19.4. The van der Waals surface area contributed by atoms with E-state index in [2.05, 4.69) is 49.5 Å². The Balaban J connectivity index is 4.39. The summed E-state index contributed by atoms with van der Waals surface area (Å²) in [4.78, 5) is 11.0. The molecule has 0 rings (SSSR count). The maximum absolute atomic E-state index is 11.0. The molecule has 0 saturated heterocycles. The molecule has 0 saturated carbocycles. The maximum Gasteiger partial charge on any atom is 0.305 e. The molecule has 150 valence electrons.